The van der Waals surface area contributed by atoms with E-state index in [1.54, 1.807) is 6.07 Å². The Bertz CT molecular complexity index is 1220. The van der Waals surface area contributed by atoms with E-state index in [1.807, 2.05) is 35.1 Å². The number of benzene rings is 2. The number of halogens is 1. The SMILES string of the molecule is CSc1nc2ccccc2n1CC(=O)Nc1ccc(Cl)c(S(=O)(=O)N2CCOCC2)c1. The monoisotopic (exact) mass is 480 g/mol. The Labute approximate surface area is 189 Å². The van der Waals surface area contributed by atoms with Gasteiger partial charge >= 0.3 is 0 Å². The third-order valence-electron chi connectivity index (χ3n) is 4.91. The first-order chi connectivity index (χ1) is 14.9. The molecule has 1 N–H and O–H groups in total. The standard InChI is InChI=1S/C20H21ClN4O4S2/c1-30-20-23-16-4-2-3-5-17(16)25(20)13-19(26)22-14-6-7-15(21)18(12-14)31(27,28)24-8-10-29-11-9-24/h2-7,12H,8-11,13H2,1H3,(H,22,26). The van der Waals surface area contributed by atoms with E-state index in [-0.39, 0.29) is 35.5 Å². The average molecular weight is 481 g/mol. The number of carbonyl (C=O) groups excluding carboxylic acids is 1. The first-order valence-electron chi connectivity index (χ1n) is 9.56. The van der Waals surface area contributed by atoms with Crippen LogP contribution in [0.4, 0.5) is 5.69 Å². The molecule has 0 saturated carbocycles. The van der Waals surface area contributed by atoms with Crippen LogP contribution in [0.25, 0.3) is 11.0 Å². The highest BCUT2D eigenvalue weighted by Crippen LogP contribution is 2.28. The predicted molar refractivity (Wildman–Crippen MR) is 121 cm³/mol. The van der Waals surface area contributed by atoms with Gasteiger partial charge in [-0.1, -0.05) is 35.5 Å². The van der Waals surface area contributed by atoms with E-state index in [0.29, 0.717) is 18.9 Å². The molecule has 8 nitrogen and oxygen atoms in total. The maximum Gasteiger partial charge on any atom is 0.244 e. The van der Waals surface area contributed by atoms with E-state index in [1.165, 1.54) is 28.2 Å². The Morgan fingerprint density at radius 2 is 1.97 bits per heavy atom. The van der Waals surface area contributed by atoms with E-state index in [4.69, 9.17) is 16.3 Å². The molecule has 1 amide bonds. The summed E-state index contributed by atoms with van der Waals surface area (Å²) in [5, 5.41) is 3.61. The van der Waals surface area contributed by atoms with Gasteiger partial charge in [0.25, 0.3) is 0 Å². The molecule has 1 aliphatic rings. The normalized spacial score (nSPS) is 15.3. The highest BCUT2D eigenvalue weighted by Gasteiger charge is 2.28. The number of carbonyl (C=O) groups is 1. The Morgan fingerprint density at radius 3 is 2.71 bits per heavy atom. The van der Waals surface area contributed by atoms with Crippen LogP contribution in [-0.4, -0.2) is 60.7 Å². The number of hydrogen-bond donors (Lipinski definition) is 1. The van der Waals surface area contributed by atoms with Crippen molar-refractivity contribution in [2.24, 2.45) is 0 Å². The minimum absolute atomic E-state index is 0.0354. The van der Waals surface area contributed by atoms with Gasteiger partial charge in [-0.15, -0.1) is 0 Å². The van der Waals surface area contributed by atoms with Gasteiger partial charge in [-0.25, -0.2) is 13.4 Å². The van der Waals surface area contributed by atoms with Gasteiger partial charge < -0.3 is 14.6 Å². The Kier molecular flexibility index (Phi) is 6.54. The number of rotatable bonds is 6. The zero-order chi connectivity index (χ0) is 22.0. The van der Waals surface area contributed by atoms with Crippen LogP contribution in [0.5, 0.6) is 0 Å². The molecule has 4 rings (SSSR count). The van der Waals surface area contributed by atoms with Gasteiger partial charge in [0.05, 0.1) is 29.3 Å². The van der Waals surface area contributed by atoms with Crippen LogP contribution >= 0.6 is 23.4 Å². The smallest absolute Gasteiger partial charge is 0.244 e. The Morgan fingerprint density at radius 1 is 1.23 bits per heavy atom. The largest absolute Gasteiger partial charge is 0.379 e. The van der Waals surface area contributed by atoms with Crippen LogP contribution < -0.4 is 5.32 Å². The molecule has 1 aliphatic heterocycles. The van der Waals surface area contributed by atoms with E-state index < -0.39 is 10.0 Å². The lowest BCUT2D eigenvalue weighted by atomic mass is 10.3. The van der Waals surface area contributed by atoms with Gasteiger partial charge in [0.1, 0.15) is 11.4 Å². The summed E-state index contributed by atoms with van der Waals surface area (Å²) in [6, 6.07) is 12.0. The van der Waals surface area contributed by atoms with Gasteiger partial charge in [0, 0.05) is 18.8 Å². The minimum Gasteiger partial charge on any atom is -0.379 e. The topological polar surface area (TPSA) is 93.5 Å². The summed E-state index contributed by atoms with van der Waals surface area (Å²) in [5.74, 6) is -0.296. The molecular weight excluding hydrogens is 460 g/mol. The molecule has 0 radical (unpaired) electrons. The molecule has 1 fully saturated rings. The number of sulfonamides is 1. The maximum atomic E-state index is 13.0. The molecular formula is C20H21ClN4O4S2. The first-order valence-corrected chi connectivity index (χ1v) is 12.6. The summed E-state index contributed by atoms with van der Waals surface area (Å²) in [6.45, 7) is 1.25. The van der Waals surface area contributed by atoms with Crippen molar-refractivity contribution in [1.29, 1.82) is 0 Å². The second-order valence-electron chi connectivity index (χ2n) is 6.88. The number of para-hydroxylation sites is 2. The number of ether oxygens (including phenoxy) is 1. The zero-order valence-corrected chi connectivity index (χ0v) is 19.1. The molecule has 164 valence electrons. The van der Waals surface area contributed by atoms with Crippen molar-refractivity contribution < 1.29 is 17.9 Å². The van der Waals surface area contributed by atoms with Crippen molar-refractivity contribution in [3.63, 3.8) is 0 Å². The lowest BCUT2D eigenvalue weighted by Crippen LogP contribution is -2.40. The fourth-order valence-electron chi connectivity index (χ4n) is 3.41. The molecule has 1 saturated heterocycles. The molecule has 0 atom stereocenters. The summed E-state index contributed by atoms with van der Waals surface area (Å²) in [4.78, 5) is 17.3. The first kappa shape index (κ1) is 22.1. The highest BCUT2D eigenvalue weighted by atomic mass is 35.5. The average Bonchev–Trinajstić information content (AvgIpc) is 3.13. The summed E-state index contributed by atoms with van der Waals surface area (Å²) >= 11 is 7.64. The van der Waals surface area contributed by atoms with Gasteiger partial charge in [-0.05, 0) is 36.6 Å². The fourth-order valence-corrected chi connectivity index (χ4v) is 5.89. The lowest BCUT2D eigenvalue weighted by Gasteiger charge is -2.26. The van der Waals surface area contributed by atoms with Crippen molar-refractivity contribution in [2.45, 2.75) is 16.6 Å². The molecule has 31 heavy (non-hydrogen) atoms. The predicted octanol–water partition coefficient (Wildman–Crippen LogP) is 3.07. The number of thioether (sulfide) groups is 1. The van der Waals surface area contributed by atoms with Gasteiger partial charge in [-0.2, -0.15) is 4.31 Å². The van der Waals surface area contributed by atoms with Crippen LogP contribution in [0.1, 0.15) is 0 Å². The summed E-state index contributed by atoms with van der Waals surface area (Å²) < 4.78 is 34.4. The molecule has 0 spiro atoms. The number of morpholine rings is 1. The fraction of sp³-hybridized carbons (Fsp3) is 0.300. The lowest BCUT2D eigenvalue weighted by molar-refractivity contribution is -0.116. The van der Waals surface area contributed by atoms with Crippen LogP contribution in [-0.2, 0) is 26.1 Å². The molecule has 0 aliphatic carbocycles. The molecule has 2 heterocycles. The number of imidazole rings is 1. The number of hydrogen-bond acceptors (Lipinski definition) is 6. The minimum atomic E-state index is -3.79. The second kappa shape index (κ2) is 9.17. The molecule has 0 unspecified atom stereocenters. The number of nitrogens with one attached hydrogen (secondary N) is 1. The van der Waals surface area contributed by atoms with Crippen LogP contribution in [0, 0.1) is 0 Å². The van der Waals surface area contributed by atoms with Crippen molar-refractivity contribution >= 4 is 56.0 Å². The van der Waals surface area contributed by atoms with Crippen LogP contribution in [0.2, 0.25) is 5.02 Å². The van der Waals surface area contributed by atoms with E-state index in [0.717, 1.165) is 16.2 Å². The van der Waals surface area contributed by atoms with E-state index >= 15 is 0 Å². The molecule has 11 heteroatoms. The van der Waals surface area contributed by atoms with Crippen molar-refractivity contribution in [3.05, 3.63) is 47.5 Å². The Balaban J connectivity index is 1.56. The number of amides is 1. The van der Waals surface area contributed by atoms with Crippen molar-refractivity contribution in [3.8, 4) is 0 Å². The third-order valence-corrected chi connectivity index (χ3v) is 7.96. The van der Waals surface area contributed by atoms with E-state index in [2.05, 4.69) is 10.3 Å². The number of nitrogens with zero attached hydrogens (tertiary/aromatic N) is 3. The van der Waals surface area contributed by atoms with Gasteiger partial charge in [-0.3, -0.25) is 4.79 Å². The summed E-state index contributed by atoms with van der Waals surface area (Å²) in [5.41, 5.74) is 2.02. The third kappa shape index (κ3) is 4.58. The van der Waals surface area contributed by atoms with Gasteiger partial charge in [0.2, 0.25) is 15.9 Å². The van der Waals surface area contributed by atoms with Crippen molar-refractivity contribution in [1.82, 2.24) is 13.9 Å². The van der Waals surface area contributed by atoms with E-state index in [9.17, 15) is 13.2 Å². The van der Waals surface area contributed by atoms with Gasteiger partial charge in [0.15, 0.2) is 5.16 Å². The van der Waals surface area contributed by atoms with Crippen molar-refractivity contribution in [2.75, 3.05) is 37.9 Å². The molecule has 2 aromatic carbocycles. The molecule has 1 aromatic heterocycles. The number of aromatic nitrogens is 2. The quantitative estimate of drug-likeness (QED) is 0.545. The second-order valence-corrected chi connectivity index (χ2v) is 9.97. The number of anilines is 1. The molecule has 3 aromatic rings. The Hall–Kier alpha value is -2.11. The summed E-state index contributed by atoms with van der Waals surface area (Å²) in [6.07, 6.45) is 1.90. The summed E-state index contributed by atoms with van der Waals surface area (Å²) in [7, 11) is -3.79. The van der Waals surface area contributed by atoms with Crippen LogP contribution in [0.3, 0.4) is 0 Å². The highest BCUT2D eigenvalue weighted by molar-refractivity contribution is 7.98. The maximum absolute atomic E-state index is 13.0. The zero-order valence-electron chi connectivity index (χ0n) is 16.7. The number of fused-ring (bicyclic) bond motifs is 1. The molecule has 0 bridgehead atoms. The van der Waals surface area contributed by atoms with Crippen LogP contribution in [0.15, 0.2) is 52.5 Å².